The second kappa shape index (κ2) is 5.39. The van der Waals surface area contributed by atoms with Crippen LogP contribution in [0, 0.1) is 0 Å². The summed E-state index contributed by atoms with van der Waals surface area (Å²) in [5.74, 6) is -1.07. The number of hydrogen-bond acceptors (Lipinski definition) is 2. The third-order valence-corrected chi connectivity index (χ3v) is 2.83. The Morgan fingerprint density at radius 2 is 1.62 bits per heavy atom. The third kappa shape index (κ3) is 3.74. The molecule has 21 heavy (non-hydrogen) atoms. The van der Waals surface area contributed by atoms with Gasteiger partial charge in [-0.3, -0.25) is 0 Å². The molecule has 0 radical (unpaired) electrons. The van der Waals surface area contributed by atoms with Crippen LogP contribution in [0.1, 0.15) is 43.7 Å². The Labute approximate surface area is 121 Å². The number of aromatic nitrogens is 1. The predicted molar refractivity (Wildman–Crippen MR) is 75.6 cm³/mol. The summed E-state index contributed by atoms with van der Waals surface area (Å²) in [6, 6.07) is 9.29. The van der Waals surface area contributed by atoms with Crippen LogP contribution in [-0.2, 0) is 11.6 Å². The van der Waals surface area contributed by atoms with Crippen LogP contribution >= 0.6 is 0 Å². The van der Waals surface area contributed by atoms with E-state index in [2.05, 4.69) is 4.98 Å². The topological polar surface area (TPSA) is 26.0 Å². The van der Waals surface area contributed by atoms with Gasteiger partial charge in [-0.1, -0.05) is 57.2 Å². The van der Waals surface area contributed by atoms with E-state index in [4.69, 9.17) is 4.42 Å². The second-order valence-corrected chi connectivity index (χ2v) is 5.72. The lowest BCUT2D eigenvalue weighted by Gasteiger charge is -2.15. The van der Waals surface area contributed by atoms with Gasteiger partial charge < -0.3 is 4.42 Å². The zero-order valence-electron chi connectivity index (χ0n) is 12.0. The lowest BCUT2D eigenvalue weighted by atomic mass is 9.91. The van der Waals surface area contributed by atoms with E-state index >= 15 is 0 Å². The average molecular weight is 295 g/mol. The summed E-state index contributed by atoms with van der Waals surface area (Å²) in [7, 11) is 0. The van der Waals surface area contributed by atoms with E-state index in [-0.39, 0.29) is 5.76 Å². The molecule has 1 aromatic heterocycles. The highest BCUT2D eigenvalue weighted by Gasteiger charge is 2.39. The molecule has 2 rings (SSSR count). The predicted octanol–water partition coefficient (Wildman–Crippen LogP) is 5.16. The number of hydrogen-bond donors (Lipinski definition) is 0. The Hall–Kier alpha value is -2.04. The van der Waals surface area contributed by atoms with Gasteiger partial charge in [0.1, 0.15) is 0 Å². The minimum Gasteiger partial charge on any atom is -0.433 e. The quantitative estimate of drug-likeness (QED) is 0.764. The summed E-state index contributed by atoms with van der Waals surface area (Å²) >= 11 is 0. The monoisotopic (exact) mass is 295 g/mol. The Kier molecular flexibility index (Phi) is 3.94. The molecule has 2 aromatic rings. The van der Waals surface area contributed by atoms with Gasteiger partial charge in [-0.15, -0.1) is 0 Å². The van der Waals surface area contributed by atoms with Crippen LogP contribution in [0.4, 0.5) is 13.2 Å². The smallest absolute Gasteiger partial charge is 0.433 e. The fraction of sp³-hybridized carbons (Fsp3) is 0.312. The maximum absolute atomic E-state index is 12.8. The molecule has 0 aliphatic rings. The zero-order chi connectivity index (χ0) is 15.7. The van der Waals surface area contributed by atoms with Crippen molar-refractivity contribution in [2.24, 2.45) is 0 Å². The van der Waals surface area contributed by atoms with E-state index in [0.717, 1.165) is 5.56 Å². The largest absolute Gasteiger partial charge is 0.468 e. The minimum atomic E-state index is -4.58. The molecule has 0 spiro atoms. The van der Waals surface area contributed by atoms with Gasteiger partial charge in [0.05, 0.1) is 5.69 Å². The highest BCUT2D eigenvalue weighted by atomic mass is 19.4. The first kappa shape index (κ1) is 15.4. The molecule has 112 valence electrons. The highest BCUT2D eigenvalue weighted by Crippen LogP contribution is 2.34. The van der Waals surface area contributed by atoms with Gasteiger partial charge in [0, 0.05) is 5.41 Å². The summed E-state index contributed by atoms with van der Waals surface area (Å²) in [5.41, 5.74) is 0.632. The van der Waals surface area contributed by atoms with E-state index < -0.39 is 17.5 Å². The summed E-state index contributed by atoms with van der Waals surface area (Å²) < 4.78 is 43.2. The fourth-order valence-electron chi connectivity index (χ4n) is 1.84. The average Bonchev–Trinajstić information content (AvgIpc) is 2.81. The van der Waals surface area contributed by atoms with Crippen molar-refractivity contribution >= 4 is 12.2 Å². The maximum atomic E-state index is 12.8. The molecule has 5 heteroatoms. The van der Waals surface area contributed by atoms with Gasteiger partial charge in [-0.2, -0.15) is 13.2 Å². The van der Waals surface area contributed by atoms with Crippen LogP contribution in [0.25, 0.3) is 12.2 Å². The molecule has 0 fully saturated rings. The normalized spacial score (nSPS) is 13.0. The molecule has 1 heterocycles. The third-order valence-electron chi connectivity index (χ3n) is 2.83. The van der Waals surface area contributed by atoms with Gasteiger partial charge >= 0.3 is 12.1 Å². The first-order valence-corrected chi connectivity index (χ1v) is 6.49. The zero-order valence-corrected chi connectivity index (χ0v) is 12.0. The molecular weight excluding hydrogens is 279 g/mol. The highest BCUT2D eigenvalue weighted by molar-refractivity contribution is 5.68. The molecule has 0 bridgehead atoms. The summed E-state index contributed by atoms with van der Waals surface area (Å²) in [5, 5.41) is 0. The summed E-state index contributed by atoms with van der Waals surface area (Å²) in [6.45, 7) is 5.39. The van der Waals surface area contributed by atoms with E-state index in [0.29, 0.717) is 5.69 Å². The Bertz CT molecular complexity index is 634. The number of nitrogens with zero attached hydrogens (tertiary/aromatic N) is 1. The van der Waals surface area contributed by atoms with Crippen LogP contribution in [0.15, 0.2) is 34.7 Å². The molecule has 0 amide bonds. The standard InChI is InChI=1S/C16H16F3NO/c1-15(2,3)13-12(21-14(20-13)16(17,18)19)10-9-11-7-5-4-6-8-11/h4-10H,1-3H3/b10-9+. The summed E-state index contributed by atoms with van der Waals surface area (Å²) in [6.07, 6.45) is -1.35. The first-order valence-electron chi connectivity index (χ1n) is 6.49. The van der Waals surface area contributed by atoms with Crippen LogP contribution in [0.5, 0.6) is 0 Å². The van der Waals surface area contributed by atoms with Gasteiger partial charge in [-0.25, -0.2) is 4.98 Å². The van der Waals surface area contributed by atoms with E-state index in [1.807, 2.05) is 30.3 Å². The molecule has 2 nitrogen and oxygen atoms in total. The maximum Gasteiger partial charge on any atom is 0.468 e. The molecule has 0 aliphatic carbocycles. The first-order chi connectivity index (χ1) is 9.68. The minimum absolute atomic E-state index is 0.138. The van der Waals surface area contributed by atoms with Crippen LogP contribution in [0.3, 0.4) is 0 Å². The van der Waals surface area contributed by atoms with Crippen LogP contribution < -0.4 is 0 Å². The lowest BCUT2D eigenvalue weighted by Crippen LogP contribution is -2.14. The van der Waals surface area contributed by atoms with Crippen molar-refractivity contribution in [3.05, 3.63) is 53.2 Å². The van der Waals surface area contributed by atoms with Crippen molar-refractivity contribution in [3.63, 3.8) is 0 Å². The van der Waals surface area contributed by atoms with Gasteiger partial charge in [0.25, 0.3) is 0 Å². The molecular formula is C16H16F3NO. The molecule has 0 saturated carbocycles. The van der Waals surface area contributed by atoms with Crippen LogP contribution in [0.2, 0.25) is 0 Å². The van der Waals surface area contributed by atoms with E-state index in [1.54, 1.807) is 26.8 Å². The SMILES string of the molecule is CC(C)(C)c1nc(C(F)(F)F)oc1/C=C/c1ccccc1. The Balaban J connectivity index is 2.42. The molecule has 0 N–H and O–H groups in total. The lowest BCUT2D eigenvalue weighted by molar-refractivity contribution is -0.157. The summed E-state index contributed by atoms with van der Waals surface area (Å²) in [4.78, 5) is 3.62. The number of rotatable bonds is 2. The molecule has 1 aromatic carbocycles. The van der Waals surface area contributed by atoms with Crippen molar-refractivity contribution in [2.75, 3.05) is 0 Å². The van der Waals surface area contributed by atoms with Crippen molar-refractivity contribution in [3.8, 4) is 0 Å². The van der Waals surface area contributed by atoms with Gasteiger partial charge in [0.15, 0.2) is 5.76 Å². The van der Waals surface area contributed by atoms with E-state index in [1.165, 1.54) is 6.08 Å². The number of oxazole rings is 1. The number of alkyl halides is 3. The van der Waals surface area contributed by atoms with Crippen molar-refractivity contribution in [2.45, 2.75) is 32.4 Å². The molecule has 0 aliphatic heterocycles. The van der Waals surface area contributed by atoms with Crippen molar-refractivity contribution in [1.29, 1.82) is 0 Å². The Morgan fingerprint density at radius 1 is 1.00 bits per heavy atom. The van der Waals surface area contributed by atoms with E-state index in [9.17, 15) is 13.2 Å². The second-order valence-electron chi connectivity index (χ2n) is 5.72. The van der Waals surface area contributed by atoms with Crippen molar-refractivity contribution in [1.82, 2.24) is 4.98 Å². The van der Waals surface area contributed by atoms with Gasteiger partial charge in [0.2, 0.25) is 0 Å². The van der Waals surface area contributed by atoms with Gasteiger partial charge in [-0.05, 0) is 11.6 Å². The van der Waals surface area contributed by atoms with Crippen LogP contribution in [-0.4, -0.2) is 4.98 Å². The Morgan fingerprint density at radius 3 is 2.14 bits per heavy atom. The molecule has 0 atom stereocenters. The molecule has 0 saturated heterocycles. The number of halogens is 3. The molecule has 0 unspecified atom stereocenters. The van der Waals surface area contributed by atoms with Crippen molar-refractivity contribution < 1.29 is 17.6 Å². The number of benzene rings is 1. The fourth-order valence-corrected chi connectivity index (χ4v) is 1.84.